The number of aryl methyl sites for hydroxylation is 1. The number of rotatable bonds is 5. The highest BCUT2D eigenvalue weighted by Gasteiger charge is 2.25. The zero-order valence-electron chi connectivity index (χ0n) is 17.9. The van der Waals surface area contributed by atoms with E-state index in [1.54, 1.807) is 0 Å². The number of carbonyl (C=O) groups is 1. The number of nitrogens with two attached hydrogens (primary N) is 1. The second-order valence-corrected chi connectivity index (χ2v) is 8.62. The van der Waals surface area contributed by atoms with Gasteiger partial charge in [0, 0.05) is 22.3 Å². The van der Waals surface area contributed by atoms with Crippen LogP contribution in [-0.4, -0.2) is 10.6 Å². The van der Waals surface area contributed by atoms with Gasteiger partial charge >= 0.3 is 0 Å². The summed E-state index contributed by atoms with van der Waals surface area (Å²) in [5.41, 5.74) is 5.99. The Balaban J connectivity index is 1.37. The highest BCUT2D eigenvalue weighted by molar-refractivity contribution is 6.05. The number of benzene rings is 3. The van der Waals surface area contributed by atoms with Crippen LogP contribution in [0.2, 0.25) is 0 Å². The fourth-order valence-corrected chi connectivity index (χ4v) is 4.81. The molecule has 1 aliphatic carbocycles. The molecule has 3 N–H and O–H groups in total. The number of aromatic nitrogens is 1. The maximum atomic E-state index is 13.2. The Labute approximate surface area is 186 Å². The number of fused-ring (bicyclic) bond motifs is 3. The number of halogens is 1. The minimum atomic E-state index is -0.360. The molecule has 1 amide bonds. The van der Waals surface area contributed by atoms with Crippen LogP contribution in [0.4, 0.5) is 10.1 Å². The average Bonchev–Trinajstić information content (AvgIpc) is 3.10. The van der Waals surface area contributed by atoms with Gasteiger partial charge in [-0.2, -0.15) is 0 Å². The minimum absolute atomic E-state index is 0.258. The van der Waals surface area contributed by atoms with Gasteiger partial charge < -0.3 is 11.2 Å². The zero-order chi connectivity index (χ0) is 22.1. The smallest absolute Gasteiger partial charge is 0.255 e. The summed E-state index contributed by atoms with van der Waals surface area (Å²) < 4.78 is 15.0. The van der Waals surface area contributed by atoms with Gasteiger partial charge in [0.25, 0.3) is 5.91 Å². The molecular formula is C27H26FN3O. The van der Waals surface area contributed by atoms with Crippen molar-refractivity contribution >= 4 is 22.5 Å². The van der Waals surface area contributed by atoms with Gasteiger partial charge in [0.15, 0.2) is 0 Å². The third kappa shape index (κ3) is 3.98. The summed E-state index contributed by atoms with van der Waals surface area (Å²) in [4.78, 5) is 12.6. The van der Waals surface area contributed by atoms with Crippen LogP contribution in [0.15, 0.2) is 72.8 Å². The van der Waals surface area contributed by atoms with E-state index in [2.05, 4.69) is 35.6 Å². The Hall–Kier alpha value is -3.60. The van der Waals surface area contributed by atoms with E-state index in [4.69, 9.17) is 5.84 Å². The molecule has 0 radical (unpaired) electrons. The van der Waals surface area contributed by atoms with Crippen LogP contribution in [0.5, 0.6) is 0 Å². The summed E-state index contributed by atoms with van der Waals surface area (Å²) in [6, 6.07) is 22.0. The summed E-state index contributed by atoms with van der Waals surface area (Å²) >= 11 is 0. The summed E-state index contributed by atoms with van der Waals surface area (Å²) in [5, 5.41) is 4.03. The Morgan fingerprint density at radius 2 is 1.84 bits per heavy atom. The quantitative estimate of drug-likeness (QED) is 0.414. The molecule has 5 heteroatoms. The lowest BCUT2D eigenvalue weighted by Gasteiger charge is -2.23. The summed E-state index contributed by atoms with van der Waals surface area (Å²) in [6.07, 6.45) is 5.35. The maximum absolute atomic E-state index is 13.2. The molecule has 4 nitrogen and oxygen atoms in total. The Bertz CT molecular complexity index is 1260. The molecular weight excluding hydrogens is 401 g/mol. The van der Waals surface area contributed by atoms with Gasteiger partial charge in [0.05, 0.1) is 5.52 Å². The number of hydrogen-bond donors (Lipinski definition) is 2. The van der Waals surface area contributed by atoms with Crippen molar-refractivity contribution in [1.82, 2.24) is 4.68 Å². The first kappa shape index (κ1) is 20.3. The van der Waals surface area contributed by atoms with Crippen molar-refractivity contribution in [3.63, 3.8) is 0 Å². The number of nitrogen functional groups attached to an aromatic ring is 1. The van der Waals surface area contributed by atoms with Crippen LogP contribution in [0, 0.1) is 11.7 Å². The van der Waals surface area contributed by atoms with E-state index in [1.165, 1.54) is 41.1 Å². The molecule has 32 heavy (non-hydrogen) atoms. The van der Waals surface area contributed by atoms with E-state index < -0.39 is 0 Å². The van der Waals surface area contributed by atoms with Crippen molar-refractivity contribution in [2.24, 2.45) is 5.92 Å². The van der Waals surface area contributed by atoms with Crippen molar-refractivity contribution < 1.29 is 9.18 Å². The normalized spacial score (nSPS) is 15.5. The first-order chi connectivity index (χ1) is 15.6. The van der Waals surface area contributed by atoms with Crippen molar-refractivity contribution in [3.8, 4) is 0 Å². The van der Waals surface area contributed by atoms with Crippen LogP contribution in [0.25, 0.3) is 10.9 Å². The molecule has 1 atom stereocenters. The first-order valence-corrected chi connectivity index (χ1v) is 11.1. The number of hydrogen-bond acceptors (Lipinski definition) is 2. The Morgan fingerprint density at radius 1 is 1.06 bits per heavy atom. The van der Waals surface area contributed by atoms with E-state index >= 15 is 0 Å². The average molecular weight is 428 g/mol. The molecule has 0 bridgehead atoms. The molecule has 1 heterocycles. The molecule has 4 aromatic rings. The molecule has 1 unspecified atom stereocenters. The Kier molecular flexibility index (Phi) is 5.39. The molecule has 162 valence electrons. The number of amides is 1. The highest BCUT2D eigenvalue weighted by Crippen LogP contribution is 2.36. The largest absolute Gasteiger partial charge is 0.339 e. The predicted molar refractivity (Wildman–Crippen MR) is 127 cm³/mol. The monoisotopic (exact) mass is 427 g/mol. The third-order valence-electron chi connectivity index (χ3n) is 6.55. The van der Waals surface area contributed by atoms with Crippen LogP contribution in [0.3, 0.4) is 0 Å². The number of anilines is 1. The first-order valence-electron chi connectivity index (χ1n) is 11.1. The molecule has 0 fully saturated rings. The van der Waals surface area contributed by atoms with Crippen LogP contribution in [-0.2, 0) is 19.3 Å². The van der Waals surface area contributed by atoms with E-state index in [0.29, 0.717) is 17.2 Å². The fourth-order valence-electron chi connectivity index (χ4n) is 4.81. The zero-order valence-corrected chi connectivity index (χ0v) is 17.9. The second kappa shape index (κ2) is 8.50. The molecule has 0 saturated heterocycles. The molecule has 1 aliphatic rings. The third-order valence-corrected chi connectivity index (χ3v) is 6.55. The maximum Gasteiger partial charge on any atom is 0.255 e. The molecule has 0 aliphatic heterocycles. The second-order valence-electron chi connectivity index (χ2n) is 8.62. The summed E-state index contributed by atoms with van der Waals surface area (Å²) in [7, 11) is 0. The van der Waals surface area contributed by atoms with Crippen molar-refractivity contribution in [2.75, 3.05) is 11.2 Å². The number of carbonyl (C=O) groups excluding carboxylic acids is 1. The van der Waals surface area contributed by atoms with Crippen molar-refractivity contribution in [3.05, 3.63) is 101 Å². The highest BCUT2D eigenvalue weighted by atomic mass is 19.1. The lowest BCUT2D eigenvalue weighted by Crippen LogP contribution is -2.19. The molecule has 3 aromatic carbocycles. The van der Waals surface area contributed by atoms with Crippen LogP contribution in [0.1, 0.15) is 40.0 Å². The van der Waals surface area contributed by atoms with E-state index in [-0.39, 0.29) is 11.7 Å². The van der Waals surface area contributed by atoms with E-state index in [9.17, 15) is 9.18 Å². The van der Waals surface area contributed by atoms with Gasteiger partial charge in [-0.3, -0.25) is 9.47 Å². The summed E-state index contributed by atoms with van der Waals surface area (Å²) in [5.74, 6) is 6.42. The van der Waals surface area contributed by atoms with E-state index in [1.807, 2.05) is 22.9 Å². The van der Waals surface area contributed by atoms with Gasteiger partial charge in [-0.15, -0.1) is 0 Å². The van der Waals surface area contributed by atoms with Crippen molar-refractivity contribution in [2.45, 2.75) is 32.1 Å². The summed E-state index contributed by atoms with van der Waals surface area (Å²) in [6.45, 7) is 0. The van der Waals surface area contributed by atoms with Gasteiger partial charge in [-0.25, -0.2) is 4.39 Å². The predicted octanol–water partition coefficient (Wildman–Crippen LogP) is 5.48. The van der Waals surface area contributed by atoms with Gasteiger partial charge in [-0.05, 0) is 91.6 Å². The number of nitrogens with zero attached hydrogens (tertiary/aromatic N) is 1. The number of nitrogens with one attached hydrogen (secondary N) is 1. The molecule has 1 aromatic heterocycles. The topological polar surface area (TPSA) is 60.0 Å². The van der Waals surface area contributed by atoms with Gasteiger partial charge in [0.1, 0.15) is 5.82 Å². The Morgan fingerprint density at radius 3 is 2.62 bits per heavy atom. The molecule has 5 rings (SSSR count). The minimum Gasteiger partial charge on any atom is -0.339 e. The van der Waals surface area contributed by atoms with Crippen molar-refractivity contribution in [1.29, 1.82) is 0 Å². The molecule has 0 saturated carbocycles. The SMILES string of the molecule is Nn1c2c(c3cc(NC(=O)c4ccc(F)cc4)ccc31)CC(CCc1ccccc1)CC2. The van der Waals surface area contributed by atoms with Crippen LogP contribution < -0.4 is 11.2 Å². The van der Waals surface area contributed by atoms with Gasteiger partial charge in [0.2, 0.25) is 0 Å². The van der Waals surface area contributed by atoms with Crippen LogP contribution >= 0.6 is 0 Å². The van der Waals surface area contributed by atoms with E-state index in [0.717, 1.165) is 43.0 Å². The lowest BCUT2D eigenvalue weighted by molar-refractivity contribution is 0.102. The molecule has 0 spiro atoms. The lowest BCUT2D eigenvalue weighted by atomic mass is 9.83. The van der Waals surface area contributed by atoms with Gasteiger partial charge in [-0.1, -0.05) is 30.3 Å². The standard InChI is InChI=1S/C27H26FN3O/c28-21-11-9-20(10-12-21)27(32)30-22-13-15-26-24(17-22)23-16-19(8-14-25(23)31(26)29)7-6-18-4-2-1-3-5-18/h1-5,9-13,15,17,19H,6-8,14,16,29H2,(H,30,32). The fraction of sp³-hybridized carbons (Fsp3) is 0.222.